The maximum atomic E-state index is 12.0. The molecule has 2 N–H and O–H groups in total. The molecule has 1 aliphatic carbocycles. The van der Waals surface area contributed by atoms with E-state index in [2.05, 4.69) is 31.2 Å². The molecule has 1 aliphatic rings. The van der Waals surface area contributed by atoms with Gasteiger partial charge in [-0.1, -0.05) is 19.3 Å². The van der Waals surface area contributed by atoms with E-state index < -0.39 is 0 Å². The van der Waals surface area contributed by atoms with Gasteiger partial charge in [0.15, 0.2) is 5.96 Å². The van der Waals surface area contributed by atoms with Crippen LogP contribution in [0.2, 0.25) is 0 Å². The summed E-state index contributed by atoms with van der Waals surface area (Å²) in [6, 6.07) is 4.52. The van der Waals surface area contributed by atoms with Crippen LogP contribution < -0.4 is 10.6 Å². The van der Waals surface area contributed by atoms with Crippen LogP contribution in [0.5, 0.6) is 0 Å². The average molecular weight is 333 g/mol. The smallest absolute Gasteiger partial charge is 0.221 e. The molecule has 1 amide bonds. The second-order valence-corrected chi connectivity index (χ2v) is 6.59. The summed E-state index contributed by atoms with van der Waals surface area (Å²) in [7, 11) is 5.81. The summed E-state index contributed by atoms with van der Waals surface area (Å²) in [6.45, 7) is 1.38. The SMILES string of the molecule is CN=C(NCCC(=O)NC1CCCCC1)N(C)Cc1cccn1C. The van der Waals surface area contributed by atoms with E-state index >= 15 is 0 Å². The van der Waals surface area contributed by atoms with Gasteiger partial charge in [0.1, 0.15) is 0 Å². The molecule has 0 spiro atoms. The van der Waals surface area contributed by atoms with Gasteiger partial charge in [-0.05, 0) is 25.0 Å². The lowest BCUT2D eigenvalue weighted by molar-refractivity contribution is -0.121. The van der Waals surface area contributed by atoms with Crippen LogP contribution in [-0.4, -0.2) is 48.0 Å². The second-order valence-electron chi connectivity index (χ2n) is 6.59. The van der Waals surface area contributed by atoms with Gasteiger partial charge >= 0.3 is 0 Å². The molecule has 2 rings (SSSR count). The minimum absolute atomic E-state index is 0.134. The lowest BCUT2D eigenvalue weighted by Crippen LogP contribution is -2.42. The van der Waals surface area contributed by atoms with Crippen LogP contribution in [-0.2, 0) is 18.4 Å². The van der Waals surface area contributed by atoms with Gasteiger partial charge in [0, 0.05) is 52.0 Å². The van der Waals surface area contributed by atoms with E-state index in [-0.39, 0.29) is 5.91 Å². The molecule has 1 aromatic rings. The van der Waals surface area contributed by atoms with E-state index in [1.807, 2.05) is 26.4 Å². The zero-order valence-corrected chi connectivity index (χ0v) is 15.2. The Labute approximate surface area is 145 Å². The molecule has 24 heavy (non-hydrogen) atoms. The number of aliphatic imine (C=N–C) groups is 1. The summed E-state index contributed by atoms with van der Waals surface area (Å²) in [6.07, 6.45) is 8.54. The first-order valence-electron chi connectivity index (χ1n) is 8.91. The molecule has 134 valence electrons. The molecule has 0 radical (unpaired) electrons. The molecule has 0 aliphatic heterocycles. The largest absolute Gasteiger partial charge is 0.356 e. The molecule has 0 saturated heterocycles. The lowest BCUT2D eigenvalue weighted by Gasteiger charge is -2.24. The number of carbonyl (C=O) groups is 1. The predicted molar refractivity (Wildman–Crippen MR) is 97.9 cm³/mol. The normalized spacial score (nSPS) is 16.0. The number of hydrogen-bond acceptors (Lipinski definition) is 2. The summed E-state index contributed by atoms with van der Waals surface area (Å²) in [5, 5.41) is 6.42. The van der Waals surface area contributed by atoms with Crippen LogP contribution in [0.4, 0.5) is 0 Å². The maximum Gasteiger partial charge on any atom is 0.221 e. The van der Waals surface area contributed by atoms with Crippen LogP contribution in [0.1, 0.15) is 44.2 Å². The Morgan fingerprint density at radius 2 is 2.12 bits per heavy atom. The fourth-order valence-electron chi connectivity index (χ4n) is 3.20. The topological polar surface area (TPSA) is 61.7 Å². The Morgan fingerprint density at radius 3 is 2.75 bits per heavy atom. The molecule has 6 nitrogen and oxygen atoms in total. The highest BCUT2D eigenvalue weighted by Gasteiger charge is 2.15. The standard InChI is InChI=1S/C18H31N5O/c1-19-18(23(3)14-16-10-7-13-22(16)2)20-12-11-17(24)21-15-8-5-4-6-9-15/h7,10,13,15H,4-6,8-9,11-12,14H2,1-3H3,(H,19,20)(H,21,24). The Bertz CT molecular complexity index is 545. The third-order valence-corrected chi connectivity index (χ3v) is 4.63. The second kappa shape index (κ2) is 9.35. The summed E-state index contributed by atoms with van der Waals surface area (Å²) in [4.78, 5) is 18.4. The summed E-state index contributed by atoms with van der Waals surface area (Å²) in [5.74, 6) is 0.941. The number of nitrogens with one attached hydrogen (secondary N) is 2. The molecule has 0 unspecified atom stereocenters. The van der Waals surface area contributed by atoms with Gasteiger partial charge in [0.25, 0.3) is 0 Å². The number of aromatic nitrogens is 1. The Balaban J connectivity index is 1.70. The van der Waals surface area contributed by atoms with Crippen molar-refractivity contribution in [1.82, 2.24) is 20.1 Å². The van der Waals surface area contributed by atoms with Crippen molar-refractivity contribution in [3.8, 4) is 0 Å². The first kappa shape index (κ1) is 18.4. The molecule has 1 aromatic heterocycles. The van der Waals surface area contributed by atoms with Crippen LogP contribution in [0.15, 0.2) is 23.3 Å². The van der Waals surface area contributed by atoms with Gasteiger partial charge < -0.3 is 20.1 Å². The van der Waals surface area contributed by atoms with Gasteiger partial charge in [0.05, 0.1) is 6.54 Å². The third-order valence-electron chi connectivity index (χ3n) is 4.63. The van der Waals surface area contributed by atoms with E-state index in [4.69, 9.17) is 0 Å². The van der Waals surface area contributed by atoms with Crippen molar-refractivity contribution in [3.05, 3.63) is 24.0 Å². The zero-order chi connectivity index (χ0) is 17.4. The highest BCUT2D eigenvalue weighted by molar-refractivity contribution is 5.81. The zero-order valence-electron chi connectivity index (χ0n) is 15.2. The third kappa shape index (κ3) is 5.58. The minimum atomic E-state index is 0.134. The van der Waals surface area contributed by atoms with E-state index in [0.29, 0.717) is 19.0 Å². The number of hydrogen-bond donors (Lipinski definition) is 2. The number of carbonyl (C=O) groups excluding carboxylic acids is 1. The van der Waals surface area contributed by atoms with E-state index in [9.17, 15) is 4.79 Å². The Morgan fingerprint density at radius 1 is 1.38 bits per heavy atom. The molecule has 0 aromatic carbocycles. The van der Waals surface area contributed by atoms with Crippen LogP contribution >= 0.6 is 0 Å². The minimum Gasteiger partial charge on any atom is -0.356 e. The van der Waals surface area contributed by atoms with Crippen molar-refractivity contribution in [3.63, 3.8) is 0 Å². The van der Waals surface area contributed by atoms with Gasteiger partial charge in [-0.2, -0.15) is 0 Å². The summed E-state index contributed by atoms with van der Waals surface area (Å²) < 4.78 is 2.10. The highest BCUT2D eigenvalue weighted by Crippen LogP contribution is 2.17. The van der Waals surface area contributed by atoms with Crippen molar-refractivity contribution in [1.29, 1.82) is 0 Å². The Kier molecular flexibility index (Phi) is 7.15. The number of guanidine groups is 1. The van der Waals surface area contributed by atoms with E-state index in [0.717, 1.165) is 25.3 Å². The van der Waals surface area contributed by atoms with Crippen LogP contribution in [0, 0.1) is 0 Å². The van der Waals surface area contributed by atoms with Crippen molar-refractivity contribution >= 4 is 11.9 Å². The van der Waals surface area contributed by atoms with Crippen molar-refractivity contribution in [2.45, 2.75) is 51.1 Å². The van der Waals surface area contributed by atoms with Crippen molar-refractivity contribution < 1.29 is 4.79 Å². The molecule has 1 heterocycles. The fourth-order valence-corrected chi connectivity index (χ4v) is 3.20. The first-order valence-corrected chi connectivity index (χ1v) is 8.91. The number of nitrogens with zero attached hydrogens (tertiary/aromatic N) is 3. The molecule has 0 bridgehead atoms. The molecular weight excluding hydrogens is 302 g/mol. The number of aryl methyl sites for hydroxylation is 1. The first-order chi connectivity index (χ1) is 11.6. The van der Waals surface area contributed by atoms with Gasteiger partial charge in [0.2, 0.25) is 5.91 Å². The monoisotopic (exact) mass is 333 g/mol. The Hall–Kier alpha value is -1.98. The molecule has 1 saturated carbocycles. The van der Waals surface area contributed by atoms with Gasteiger partial charge in [-0.25, -0.2) is 0 Å². The summed E-state index contributed by atoms with van der Waals surface area (Å²) >= 11 is 0. The number of amides is 1. The lowest BCUT2D eigenvalue weighted by atomic mass is 9.95. The predicted octanol–water partition coefficient (Wildman–Crippen LogP) is 1.87. The van der Waals surface area contributed by atoms with Crippen molar-refractivity contribution in [2.75, 3.05) is 20.6 Å². The number of rotatable bonds is 6. The summed E-state index contributed by atoms with van der Waals surface area (Å²) in [5.41, 5.74) is 1.22. The fraction of sp³-hybridized carbons (Fsp3) is 0.667. The quantitative estimate of drug-likeness (QED) is 0.617. The maximum absolute atomic E-state index is 12.0. The molecule has 6 heteroatoms. The van der Waals surface area contributed by atoms with Crippen LogP contribution in [0.25, 0.3) is 0 Å². The van der Waals surface area contributed by atoms with E-state index in [1.165, 1.54) is 25.0 Å². The van der Waals surface area contributed by atoms with Gasteiger partial charge in [-0.3, -0.25) is 9.79 Å². The molecular formula is C18H31N5O. The van der Waals surface area contributed by atoms with E-state index in [1.54, 1.807) is 7.05 Å². The molecule has 0 atom stereocenters. The van der Waals surface area contributed by atoms with Crippen molar-refractivity contribution in [2.24, 2.45) is 12.0 Å². The molecule has 1 fully saturated rings. The highest BCUT2D eigenvalue weighted by atomic mass is 16.1. The van der Waals surface area contributed by atoms with Crippen LogP contribution in [0.3, 0.4) is 0 Å². The average Bonchev–Trinajstić information content (AvgIpc) is 2.97. The van der Waals surface area contributed by atoms with Gasteiger partial charge in [-0.15, -0.1) is 0 Å².